The molecule has 0 aliphatic rings. The molecule has 0 aliphatic heterocycles. The highest BCUT2D eigenvalue weighted by Gasteiger charge is 2.11. The van der Waals surface area contributed by atoms with E-state index in [1.165, 1.54) is 10.9 Å². The summed E-state index contributed by atoms with van der Waals surface area (Å²) >= 11 is 0. The van der Waals surface area contributed by atoms with Gasteiger partial charge in [-0.05, 0) is 47.4 Å². The molecule has 5 heteroatoms. The van der Waals surface area contributed by atoms with Crippen LogP contribution in [-0.4, -0.2) is 21.8 Å². The zero-order valence-corrected chi connectivity index (χ0v) is 16.4. The van der Waals surface area contributed by atoms with Crippen LogP contribution in [0.25, 0.3) is 22.0 Å². The normalized spacial score (nSPS) is 11.6. The third kappa shape index (κ3) is 4.09. The fourth-order valence-corrected chi connectivity index (χ4v) is 3.17. The van der Waals surface area contributed by atoms with Crippen molar-refractivity contribution in [3.05, 3.63) is 89.6 Å². The molecule has 29 heavy (non-hydrogen) atoms. The number of hydrogen-bond donors (Lipinski definition) is 2. The summed E-state index contributed by atoms with van der Waals surface area (Å²) in [6.45, 7) is 3.99. The number of rotatable bonds is 5. The molecule has 0 bridgehead atoms. The van der Waals surface area contributed by atoms with Crippen LogP contribution in [0.5, 0.6) is 0 Å². The van der Waals surface area contributed by atoms with Crippen LogP contribution in [-0.2, 0) is 6.42 Å². The summed E-state index contributed by atoms with van der Waals surface area (Å²) < 4.78 is 0. The first-order chi connectivity index (χ1) is 14.1. The fraction of sp³-hybridized carbons (Fsp3) is 0.125. The summed E-state index contributed by atoms with van der Waals surface area (Å²) in [4.78, 5) is 12.4. The first-order valence-electron chi connectivity index (χ1n) is 9.62. The molecule has 0 saturated carbocycles. The Balaban J connectivity index is 1.47. The lowest BCUT2D eigenvalue weighted by Crippen LogP contribution is -2.19. The predicted molar refractivity (Wildman–Crippen MR) is 117 cm³/mol. The van der Waals surface area contributed by atoms with Crippen LogP contribution in [0.1, 0.15) is 35.5 Å². The molecule has 1 aromatic heterocycles. The Labute approximate surface area is 169 Å². The van der Waals surface area contributed by atoms with Gasteiger partial charge in [0.25, 0.3) is 5.91 Å². The summed E-state index contributed by atoms with van der Waals surface area (Å²) in [5.41, 5.74) is 7.63. The average molecular weight is 382 g/mol. The van der Waals surface area contributed by atoms with Gasteiger partial charge in [0.05, 0.1) is 11.4 Å². The minimum Gasteiger partial charge on any atom is -0.272 e. The Morgan fingerprint density at radius 2 is 1.76 bits per heavy atom. The van der Waals surface area contributed by atoms with Gasteiger partial charge in [-0.25, -0.2) is 5.43 Å². The number of hydrogen-bond acceptors (Lipinski definition) is 3. The molecular formula is C24H22N4O. The summed E-state index contributed by atoms with van der Waals surface area (Å²) in [5, 5.41) is 13.6. The Hall–Kier alpha value is -3.73. The van der Waals surface area contributed by atoms with Gasteiger partial charge in [0, 0.05) is 5.56 Å². The standard InChI is InChI=1S/C24H22N4O/c1-3-17-8-10-19(11-9-17)22-15-23(27-26-22)24(29)28-25-16(2)20-13-12-18-6-4-5-7-21(18)14-20/h4-15H,3H2,1-2H3,(H,26,27)(H,28,29)/b25-16+. The first kappa shape index (κ1) is 18.6. The summed E-state index contributed by atoms with van der Waals surface area (Å²) in [5.74, 6) is -0.325. The lowest BCUT2D eigenvalue weighted by molar-refractivity contribution is 0.0950. The number of nitrogens with zero attached hydrogens (tertiary/aromatic N) is 2. The highest BCUT2D eigenvalue weighted by molar-refractivity contribution is 6.03. The Kier molecular flexibility index (Phi) is 5.20. The van der Waals surface area contributed by atoms with Gasteiger partial charge in [-0.15, -0.1) is 0 Å². The molecule has 0 spiro atoms. The van der Waals surface area contributed by atoms with Crippen LogP contribution in [0.15, 0.2) is 77.9 Å². The van der Waals surface area contributed by atoms with Crippen molar-refractivity contribution in [2.75, 3.05) is 0 Å². The zero-order chi connectivity index (χ0) is 20.2. The number of amides is 1. The number of carbonyl (C=O) groups is 1. The lowest BCUT2D eigenvalue weighted by atomic mass is 10.0. The van der Waals surface area contributed by atoms with Crippen molar-refractivity contribution in [1.82, 2.24) is 15.6 Å². The topological polar surface area (TPSA) is 70.1 Å². The van der Waals surface area contributed by atoms with Crippen LogP contribution < -0.4 is 5.43 Å². The van der Waals surface area contributed by atoms with E-state index in [0.717, 1.165) is 34.3 Å². The number of nitrogens with one attached hydrogen (secondary N) is 2. The van der Waals surface area contributed by atoms with Gasteiger partial charge in [0.2, 0.25) is 0 Å². The molecule has 0 unspecified atom stereocenters. The Morgan fingerprint density at radius 3 is 2.52 bits per heavy atom. The first-order valence-corrected chi connectivity index (χ1v) is 9.62. The van der Waals surface area contributed by atoms with Crippen LogP contribution in [0, 0.1) is 0 Å². The molecule has 4 aromatic rings. The van der Waals surface area contributed by atoms with Crippen molar-refractivity contribution < 1.29 is 4.79 Å². The quantitative estimate of drug-likeness (QED) is 0.379. The monoisotopic (exact) mass is 382 g/mol. The number of carbonyl (C=O) groups excluding carboxylic acids is 1. The number of hydrazone groups is 1. The zero-order valence-electron chi connectivity index (χ0n) is 16.4. The molecule has 1 heterocycles. The minimum atomic E-state index is -0.325. The number of fused-ring (bicyclic) bond motifs is 1. The highest BCUT2D eigenvalue weighted by atomic mass is 16.2. The Bertz CT molecular complexity index is 1190. The van der Waals surface area contributed by atoms with Gasteiger partial charge in [0.1, 0.15) is 5.69 Å². The van der Waals surface area contributed by atoms with Crippen molar-refractivity contribution in [2.24, 2.45) is 5.10 Å². The van der Waals surface area contributed by atoms with Gasteiger partial charge >= 0.3 is 0 Å². The van der Waals surface area contributed by atoms with Crippen molar-refractivity contribution >= 4 is 22.4 Å². The maximum atomic E-state index is 12.4. The average Bonchev–Trinajstić information content (AvgIpc) is 3.27. The third-order valence-electron chi connectivity index (χ3n) is 4.97. The molecule has 0 fully saturated rings. The van der Waals surface area contributed by atoms with Gasteiger partial charge in [-0.1, -0.05) is 67.6 Å². The molecule has 1 amide bonds. The number of aromatic amines is 1. The van der Waals surface area contributed by atoms with Crippen LogP contribution >= 0.6 is 0 Å². The van der Waals surface area contributed by atoms with E-state index in [-0.39, 0.29) is 5.91 Å². The third-order valence-corrected chi connectivity index (χ3v) is 4.97. The minimum absolute atomic E-state index is 0.325. The second kappa shape index (κ2) is 8.10. The second-order valence-electron chi connectivity index (χ2n) is 6.92. The molecule has 0 atom stereocenters. The van der Waals surface area contributed by atoms with E-state index in [4.69, 9.17) is 0 Å². The smallest absolute Gasteiger partial charge is 0.272 e. The van der Waals surface area contributed by atoms with Gasteiger partial charge < -0.3 is 0 Å². The van der Waals surface area contributed by atoms with E-state index in [2.05, 4.69) is 64.0 Å². The van der Waals surface area contributed by atoms with E-state index in [1.54, 1.807) is 6.07 Å². The van der Waals surface area contributed by atoms with Crippen LogP contribution in [0.4, 0.5) is 0 Å². The van der Waals surface area contributed by atoms with E-state index in [0.29, 0.717) is 5.69 Å². The van der Waals surface area contributed by atoms with Crippen molar-refractivity contribution in [2.45, 2.75) is 20.3 Å². The molecule has 4 rings (SSSR count). The lowest BCUT2D eigenvalue weighted by Gasteiger charge is -2.04. The van der Waals surface area contributed by atoms with E-state index in [1.807, 2.05) is 37.3 Å². The highest BCUT2D eigenvalue weighted by Crippen LogP contribution is 2.19. The molecule has 5 nitrogen and oxygen atoms in total. The van der Waals surface area contributed by atoms with Crippen molar-refractivity contribution in [3.63, 3.8) is 0 Å². The molecule has 3 aromatic carbocycles. The maximum Gasteiger partial charge on any atom is 0.289 e. The predicted octanol–water partition coefficient (Wildman–Crippen LogP) is 4.95. The summed E-state index contributed by atoms with van der Waals surface area (Å²) in [6, 6.07) is 24.2. The number of benzene rings is 3. The van der Waals surface area contributed by atoms with Gasteiger partial charge in [0.15, 0.2) is 0 Å². The number of H-pyrrole nitrogens is 1. The van der Waals surface area contributed by atoms with Gasteiger partial charge in [-0.3, -0.25) is 9.89 Å². The number of aryl methyl sites for hydroxylation is 1. The number of aromatic nitrogens is 2. The fourth-order valence-electron chi connectivity index (χ4n) is 3.17. The Morgan fingerprint density at radius 1 is 1.00 bits per heavy atom. The molecule has 2 N–H and O–H groups in total. The van der Waals surface area contributed by atoms with E-state index in [9.17, 15) is 4.79 Å². The second-order valence-corrected chi connectivity index (χ2v) is 6.92. The van der Waals surface area contributed by atoms with Crippen molar-refractivity contribution in [1.29, 1.82) is 0 Å². The summed E-state index contributed by atoms with van der Waals surface area (Å²) in [7, 11) is 0. The van der Waals surface area contributed by atoms with E-state index >= 15 is 0 Å². The van der Waals surface area contributed by atoms with Crippen molar-refractivity contribution in [3.8, 4) is 11.3 Å². The van der Waals surface area contributed by atoms with Gasteiger partial charge in [-0.2, -0.15) is 10.2 Å². The summed E-state index contributed by atoms with van der Waals surface area (Å²) in [6.07, 6.45) is 0.989. The molecule has 0 aliphatic carbocycles. The van der Waals surface area contributed by atoms with Crippen LogP contribution in [0.2, 0.25) is 0 Å². The molecule has 0 radical (unpaired) electrons. The largest absolute Gasteiger partial charge is 0.289 e. The molecule has 144 valence electrons. The molecule has 0 saturated heterocycles. The SMILES string of the molecule is CCc1ccc(-c2cc(C(=O)N/N=C(\C)c3ccc4ccccc4c3)[nH]n2)cc1. The maximum absolute atomic E-state index is 12.4. The van der Waals surface area contributed by atoms with E-state index < -0.39 is 0 Å². The molecular weight excluding hydrogens is 360 g/mol. The van der Waals surface area contributed by atoms with Crippen LogP contribution in [0.3, 0.4) is 0 Å².